The molecule has 4 heteroatoms. The van der Waals surface area contributed by atoms with Crippen molar-refractivity contribution in [3.8, 4) is 6.07 Å². The van der Waals surface area contributed by atoms with E-state index in [2.05, 4.69) is 23.5 Å². The van der Waals surface area contributed by atoms with Gasteiger partial charge >= 0.3 is 0 Å². The van der Waals surface area contributed by atoms with Crippen LogP contribution in [0.25, 0.3) is 0 Å². The van der Waals surface area contributed by atoms with Crippen LogP contribution in [0.15, 0.2) is 42.5 Å². The first kappa shape index (κ1) is 15.5. The summed E-state index contributed by atoms with van der Waals surface area (Å²) in [4.78, 5) is 0. The van der Waals surface area contributed by atoms with Gasteiger partial charge in [-0.25, -0.2) is 0 Å². The predicted octanol–water partition coefficient (Wildman–Crippen LogP) is 3.65. The summed E-state index contributed by atoms with van der Waals surface area (Å²) in [5, 5.41) is 12.8. The second kappa shape index (κ2) is 7.80. The molecule has 0 saturated carbocycles. The van der Waals surface area contributed by atoms with Gasteiger partial charge in [-0.05, 0) is 28.8 Å². The minimum absolute atomic E-state index is 0.578. The molecular formula is C17H17ClN2O. The van der Waals surface area contributed by atoms with E-state index in [1.807, 2.05) is 18.2 Å². The third-order valence-corrected chi connectivity index (χ3v) is 3.58. The molecule has 3 nitrogen and oxygen atoms in total. The van der Waals surface area contributed by atoms with Crippen LogP contribution in [0.3, 0.4) is 0 Å². The fourth-order valence-electron chi connectivity index (χ4n) is 2.12. The topological polar surface area (TPSA) is 45.0 Å². The molecule has 0 aliphatic heterocycles. The zero-order chi connectivity index (χ0) is 15.1. The van der Waals surface area contributed by atoms with Crippen LogP contribution in [0.1, 0.15) is 22.3 Å². The van der Waals surface area contributed by atoms with E-state index in [1.165, 1.54) is 11.1 Å². The summed E-state index contributed by atoms with van der Waals surface area (Å²) in [6, 6.07) is 15.6. The summed E-state index contributed by atoms with van der Waals surface area (Å²) in [6.45, 7) is 2.01. The van der Waals surface area contributed by atoms with Crippen LogP contribution in [-0.2, 0) is 24.4 Å². The monoisotopic (exact) mass is 300 g/mol. The number of nitrogens with one attached hydrogen (secondary N) is 1. The molecular weight excluding hydrogens is 284 g/mol. The molecule has 0 aromatic heterocycles. The van der Waals surface area contributed by atoms with Crippen molar-refractivity contribution in [3.05, 3.63) is 69.7 Å². The number of nitriles is 1. The molecule has 0 atom stereocenters. The first-order valence-corrected chi connectivity index (χ1v) is 7.07. The van der Waals surface area contributed by atoms with E-state index < -0.39 is 0 Å². The van der Waals surface area contributed by atoms with E-state index in [1.54, 1.807) is 19.2 Å². The van der Waals surface area contributed by atoms with E-state index >= 15 is 0 Å². The Morgan fingerprint density at radius 1 is 1.10 bits per heavy atom. The smallest absolute Gasteiger partial charge is 0.0992 e. The molecule has 2 aromatic rings. The van der Waals surface area contributed by atoms with E-state index in [4.69, 9.17) is 21.6 Å². The number of halogens is 1. The SMILES string of the molecule is COCc1ccccc1CNCc1ccc(C#N)cc1Cl. The molecule has 2 aromatic carbocycles. The van der Waals surface area contributed by atoms with E-state index in [0.717, 1.165) is 12.1 Å². The van der Waals surface area contributed by atoms with E-state index in [-0.39, 0.29) is 0 Å². The molecule has 108 valence electrons. The molecule has 0 amide bonds. The van der Waals surface area contributed by atoms with Crippen molar-refractivity contribution in [1.82, 2.24) is 5.32 Å². The summed E-state index contributed by atoms with van der Waals surface area (Å²) in [6.07, 6.45) is 0. The number of nitrogens with zero attached hydrogens (tertiary/aromatic N) is 1. The van der Waals surface area contributed by atoms with Gasteiger partial charge in [-0.3, -0.25) is 0 Å². The maximum Gasteiger partial charge on any atom is 0.0992 e. The van der Waals surface area contributed by atoms with Gasteiger partial charge in [-0.2, -0.15) is 5.26 Å². The van der Waals surface area contributed by atoms with Crippen molar-refractivity contribution >= 4 is 11.6 Å². The Labute approximate surface area is 130 Å². The minimum atomic E-state index is 0.578. The van der Waals surface area contributed by atoms with Crippen molar-refractivity contribution in [2.45, 2.75) is 19.7 Å². The Bertz CT molecular complexity index is 649. The second-order valence-corrected chi connectivity index (χ2v) is 5.13. The first-order valence-electron chi connectivity index (χ1n) is 6.69. The van der Waals surface area contributed by atoms with E-state index in [0.29, 0.717) is 23.7 Å². The molecule has 0 saturated heterocycles. The second-order valence-electron chi connectivity index (χ2n) is 4.72. The predicted molar refractivity (Wildman–Crippen MR) is 83.9 cm³/mol. The Balaban J connectivity index is 1.97. The van der Waals surface area contributed by atoms with Gasteiger partial charge in [0.15, 0.2) is 0 Å². The third kappa shape index (κ3) is 4.30. The van der Waals surface area contributed by atoms with Gasteiger partial charge in [-0.1, -0.05) is 41.9 Å². The molecule has 0 aliphatic carbocycles. The van der Waals surface area contributed by atoms with Crippen LogP contribution in [0, 0.1) is 11.3 Å². The average molecular weight is 301 g/mol. The van der Waals surface area contributed by atoms with Crippen LogP contribution in [0.2, 0.25) is 5.02 Å². The van der Waals surface area contributed by atoms with Gasteiger partial charge in [0.2, 0.25) is 0 Å². The number of rotatable bonds is 6. The van der Waals surface area contributed by atoms with E-state index in [9.17, 15) is 0 Å². The fraction of sp³-hybridized carbons (Fsp3) is 0.235. The van der Waals surface area contributed by atoms with Crippen molar-refractivity contribution in [3.63, 3.8) is 0 Å². The van der Waals surface area contributed by atoms with Gasteiger partial charge in [0.25, 0.3) is 0 Å². The number of hydrogen-bond donors (Lipinski definition) is 1. The summed E-state index contributed by atoms with van der Waals surface area (Å²) in [5.74, 6) is 0. The summed E-state index contributed by atoms with van der Waals surface area (Å²) in [7, 11) is 1.70. The molecule has 0 bridgehead atoms. The van der Waals surface area contributed by atoms with Crippen LogP contribution < -0.4 is 5.32 Å². The van der Waals surface area contributed by atoms with Crippen LogP contribution in [-0.4, -0.2) is 7.11 Å². The molecule has 0 heterocycles. The van der Waals surface area contributed by atoms with Gasteiger partial charge in [0, 0.05) is 25.2 Å². The zero-order valence-electron chi connectivity index (χ0n) is 11.9. The summed E-state index contributed by atoms with van der Waals surface area (Å²) < 4.78 is 5.20. The lowest BCUT2D eigenvalue weighted by atomic mass is 10.1. The van der Waals surface area contributed by atoms with Gasteiger partial charge in [0.05, 0.1) is 18.2 Å². The van der Waals surface area contributed by atoms with Crippen molar-refractivity contribution in [2.75, 3.05) is 7.11 Å². The highest BCUT2D eigenvalue weighted by molar-refractivity contribution is 6.31. The molecule has 0 unspecified atom stereocenters. The highest BCUT2D eigenvalue weighted by atomic mass is 35.5. The average Bonchev–Trinajstić information content (AvgIpc) is 2.50. The Morgan fingerprint density at radius 2 is 1.81 bits per heavy atom. The lowest BCUT2D eigenvalue weighted by Gasteiger charge is -2.11. The van der Waals surface area contributed by atoms with Crippen LogP contribution in [0.5, 0.6) is 0 Å². The maximum atomic E-state index is 8.82. The largest absolute Gasteiger partial charge is 0.380 e. The molecule has 0 spiro atoms. The Morgan fingerprint density at radius 3 is 2.48 bits per heavy atom. The quantitative estimate of drug-likeness (QED) is 0.885. The van der Waals surface area contributed by atoms with Gasteiger partial charge in [0.1, 0.15) is 0 Å². The standard InChI is InChI=1S/C17H17ClN2O/c1-21-12-16-5-3-2-4-14(16)10-20-11-15-7-6-13(9-19)8-17(15)18/h2-8,20H,10-12H2,1H3. The number of methoxy groups -OCH3 is 1. The highest BCUT2D eigenvalue weighted by Crippen LogP contribution is 2.18. The zero-order valence-corrected chi connectivity index (χ0v) is 12.7. The lowest BCUT2D eigenvalue weighted by molar-refractivity contribution is 0.184. The fourth-order valence-corrected chi connectivity index (χ4v) is 2.37. The summed E-state index contributed by atoms with van der Waals surface area (Å²) >= 11 is 6.16. The first-order chi connectivity index (χ1) is 10.2. The van der Waals surface area contributed by atoms with Crippen LogP contribution >= 0.6 is 11.6 Å². The Kier molecular flexibility index (Phi) is 5.77. The molecule has 0 fully saturated rings. The number of hydrogen-bond acceptors (Lipinski definition) is 3. The normalized spacial score (nSPS) is 10.3. The van der Waals surface area contributed by atoms with Gasteiger partial charge < -0.3 is 10.1 Å². The number of ether oxygens (including phenoxy) is 1. The van der Waals surface area contributed by atoms with Crippen molar-refractivity contribution in [2.24, 2.45) is 0 Å². The summed E-state index contributed by atoms with van der Waals surface area (Å²) in [5.41, 5.74) is 3.96. The number of benzene rings is 2. The van der Waals surface area contributed by atoms with Crippen molar-refractivity contribution < 1.29 is 4.74 Å². The minimum Gasteiger partial charge on any atom is -0.380 e. The van der Waals surface area contributed by atoms with Gasteiger partial charge in [-0.15, -0.1) is 0 Å². The third-order valence-electron chi connectivity index (χ3n) is 3.23. The molecule has 2 rings (SSSR count). The molecule has 21 heavy (non-hydrogen) atoms. The molecule has 0 radical (unpaired) electrons. The molecule has 0 aliphatic rings. The molecule has 1 N–H and O–H groups in total. The lowest BCUT2D eigenvalue weighted by Crippen LogP contribution is -2.14. The Hall–Kier alpha value is -1.86. The van der Waals surface area contributed by atoms with Crippen LogP contribution in [0.4, 0.5) is 0 Å². The van der Waals surface area contributed by atoms with Crippen molar-refractivity contribution in [1.29, 1.82) is 5.26 Å². The maximum absolute atomic E-state index is 8.82. The highest BCUT2D eigenvalue weighted by Gasteiger charge is 2.04.